The second-order valence-corrected chi connectivity index (χ2v) is 5.27. The highest BCUT2D eigenvalue weighted by Crippen LogP contribution is 2.25. The molecule has 3 N–H and O–H groups in total. The average Bonchev–Trinajstić information content (AvgIpc) is 3.12. The summed E-state index contributed by atoms with van der Waals surface area (Å²) in [6.07, 6.45) is 3.16. The number of hydrogen-bond acceptors (Lipinski definition) is 5. The molecule has 8 nitrogen and oxygen atoms in total. The number of H-pyrrole nitrogens is 1. The van der Waals surface area contributed by atoms with Gasteiger partial charge in [-0.3, -0.25) is 9.89 Å². The van der Waals surface area contributed by atoms with E-state index in [9.17, 15) is 14.0 Å². The molecule has 126 valence electrons. The number of hydrogen-bond donors (Lipinski definition) is 3. The number of halogens is 2. The number of carbonyl (C=O) groups excluding carboxylic acids is 1. The first-order valence-electron chi connectivity index (χ1n) is 6.82. The zero-order chi connectivity index (χ0) is 18.0. The van der Waals surface area contributed by atoms with E-state index in [4.69, 9.17) is 16.7 Å². The van der Waals surface area contributed by atoms with Crippen molar-refractivity contribution in [2.75, 3.05) is 5.32 Å². The van der Waals surface area contributed by atoms with E-state index >= 15 is 0 Å². The summed E-state index contributed by atoms with van der Waals surface area (Å²) in [4.78, 5) is 23.4. The van der Waals surface area contributed by atoms with Gasteiger partial charge in [0.1, 0.15) is 5.82 Å². The summed E-state index contributed by atoms with van der Waals surface area (Å²) in [6.45, 7) is 0. The Labute approximate surface area is 144 Å². The van der Waals surface area contributed by atoms with Gasteiger partial charge in [-0.1, -0.05) is 11.6 Å². The standard InChI is InChI=1S/C15H9ClFN5O3/c16-9-4-13(8(15(24)25)3-10(9)17)20-14(23)12-2-1-11(21-22-12)7-5-18-19-6-7/h1-6H,(H,18,19)(H,20,23)(H,24,25). The number of carboxylic acid groups (broad SMARTS) is 1. The normalized spacial score (nSPS) is 10.5. The molecule has 0 spiro atoms. The minimum Gasteiger partial charge on any atom is -0.478 e. The van der Waals surface area contributed by atoms with Crippen LogP contribution in [0.1, 0.15) is 20.8 Å². The van der Waals surface area contributed by atoms with Gasteiger partial charge in [0.25, 0.3) is 5.91 Å². The Bertz CT molecular complexity index is 945. The van der Waals surface area contributed by atoms with E-state index in [1.807, 2.05) is 0 Å². The average molecular weight is 362 g/mol. The Hall–Kier alpha value is -3.33. The Balaban J connectivity index is 1.85. The first-order valence-corrected chi connectivity index (χ1v) is 7.20. The van der Waals surface area contributed by atoms with Crippen molar-refractivity contribution in [3.63, 3.8) is 0 Å². The number of rotatable bonds is 4. The molecule has 25 heavy (non-hydrogen) atoms. The van der Waals surface area contributed by atoms with Crippen LogP contribution in [0.25, 0.3) is 11.3 Å². The van der Waals surface area contributed by atoms with Gasteiger partial charge in [0.05, 0.1) is 28.2 Å². The van der Waals surface area contributed by atoms with Crippen molar-refractivity contribution in [2.24, 2.45) is 0 Å². The van der Waals surface area contributed by atoms with E-state index in [0.717, 1.165) is 12.1 Å². The van der Waals surface area contributed by atoms with Crippen LogP contribution >= 0.6 is 11.6 Å². The van der Waals surface area contributed by atoms with Gasteiger partial charge >= 0.3 is 5.97 Å². The van der Waals surface area contributed by atoms with Gasteiger partial charge in [0.2, 0.25) is 0 Å². The van der Waals surface area contributed by atoms with Crippen molar-refractivity contribution < 1.29 is 19.1 Å². The van der Waals surface area contributed by atoms with Gasteiger partial charge in [-0.15, -0.1) is 10.2 Å². The molecule has 0 unspecified atom stereocenters. The lowest BCUT2D eigenvalue weighted by molar-refractivity contribution is 0.0697. The lowest BCUT2D eigenvalue weighted by Crippen LogP contribution is -2.17. The molecule has 10 heteroatoms. The molecule has 0 radical (unpaired) electrons. The molecule has 2 aromatic heterocycles. The molecule has 3 aromatic rings. The van der Waals surface area contributed by atoms with Crippen LogP contribution in [-0.2, 0) is 0 Å². The number of anilines is 1. The van der Waals surface area contributed by atoms with Crippen LogP contribution in [0.15, 0.2) is 36.7 Å². The molecule has 2 heterocycles. The number of aromatic nitrogens is 4. The first-order chi connectivity index (χ1) is 12.0. The number of carboxylic acids is 1. The molecule has 0 atom stereocenters. The summed E-state index contributed by atoms with van der Waals surface area (Å²) in [7, 11) is 0. The number of nitrogens with one attached hydrogen (secondary N) is 2. The van der Waals surface area contributed by atoms with E-state index in [1.54, 1.807) is 18.5 Å². The topological polar surface area (TPSA) is 121 Å². The van der Waals surface area contributed by atoms with Crippen LogP contribution in [0.2, 0.25) is 5.02 Å². The fourth-order valence-electron chi connectivity index (χ4n) is 2.01. The van der Waals surface area contributed by atoms with Crippen LogP contribution in [0, 0.1) is 5.82 Å². The highest BCUT2D eigenvalue weighted by atomic mass is 35.5. The first kappa shape index (κ1) is 16.5. The largest absolute Gasteiger partial charge is 0.478 e. The number of aromatic amines is 1. The number of carbonyl (C=O) groups is 2. The molecular weight excluding hydrogens is 353 g/mol. The summed E-state index contributed by atoms with van der Waals surface area (Å²) < 4.78 is 13.4. The molecule has 1 aromatic carbocycles. The molecule has 0 fully saturated rings. The van der Waals surface area contributed by atoms with E-state index in [2.05, 4.69) is 25.7 Å². The molecule has 3 rings (SSSR count). The highest BCUT2D eigenvalue weighted by molar-refractivity contribution is 6.31. The van der Waals surface area contributed by atoms with Gasteiger partial charge in [0.15, 0.2) is 5.69 Å². The van der Waals surface area contributed by atoms with Crippen molar-refractivity contribution in [3.8, 4) is 11.3 Å². The van der Waals surface area contributed by atoms with Gasteiger partial charge in [-0.05, 0) is 24.3 Å². The molecule has 0 aliphatic rings. The van der Waals surface area contributed by atoms with Crippen LogP contribution in [0.4, 0.5) is 10.1 Å². The maximum Gasteiger partial charge on any atom is 0.337 e. The zero-order valence-electron chi connectivity index (χ0n) is 12.3. The van der Waals surface area contributed by atoms with Gasteiger partial charge in [-0.25, -0.2) is 9.18 Å². The third-order valence-corrected chi connectivity index (χ3v) is 3.52. The lowest BCUT2D eigenvalue weighted by atomic mass is 10.1. The van der Waals surface area contributed by atoms with Crippen LogP contribution < -0.4 is 5.32 Å². The number of aromatic carboxylic acids is 1. The number of amides is 1. The third-order valence-electron chi connectivity index (χ3n) is 3.23. The quantitative estimate of drug-likeness (QED) is 0.656. The predicted octanol–water partition coefficient (Wildman–Crippen LogP) is 2.61. The lowest BCUT2D eigenvalue weighted by Gasteiger charge is -2.09. The summed E-state index contributed by atoms with van der Waals surface area (Å²) in [5.74, 6) is -3.02. The summed E-state index contributed by atoms with van der Waals surface area (Å²) in [5.41, 5.74) is 0.561. The Morgan fingerprint density at radius 2 is 2.04 bits per heavy atom. The van der Waals surface area contributed by atoms with Gasteiger partial charge in [-0.2, -0.15) is 5.10 Å². The van der Waals surface area contributed by atoms with E-state index in [-0.39, 0.29) is 16.4 Å². The predicted molar refractivity (Wildman–Crippen MR) is 85.9 cm³/mol. The Kier molecular flexibility index (Phi) is 4.40. The van der Waals surface area contributed by atoms with E-state index in [0.29, 0.717) is 11.3 Å². The molecule has 0 saturated carbocycles. The van der Waals surface area contributed by atoms with Crippen molar-refractivity contribution in [2.45, 2.75) is 0 Å². The molecule has 0 bridgehead atoms. The SMILES string of the molecule is O=C(Nc1cc(Cl)c(F)cc1C(=O)O)c1ccc(-c2cn[nH]c2)nn1. The molecule has 0 aliphatic carbocycles. The molecule has 0 saturated heterocycles. The van der Waals surface area contributed by atoms with Crippen LogP contribution in [0.5, 0.6) is 0 Å². The Morgan fingerprint density at radius 3 is 2.64 bits per heavy atom. The number of benzene rings is 1. The van der Waals surface area contributed by atoms with E-state index < -0.39 is 23.3 Å². The second-order valence-electron chi connectivity index (χ2n) is 4.86. The maximum absolute atomic E-state index is 13.4. The van der Waals surface area contributed by atoms with Crippen LogP contribution in [-0.4, -0.2) is 37.4 Å². The molecule has 1 amide bonds. The maximum atomic E-state index is 13.4. The van der Waals surface area contributed by atoms with Crippen LogP contribution in [0.3, 0.4) is 0 Å². The summed E-state index contributed by atoms with van der Waals surface area (Å²) in [6, 6.07) is 4.72. The van der Waals surface area contributed by atoms with E-state index in [1.165, 1.54) is 6.07 Å². The molecule has 0 aliphatic heterocycles. The minimum absolute atomic E-state index is 0.0518. The smallest absolute Gasteiger partial charge is 0.337 e. The Morgan fingerprint density at radius 1 is 1.24 bits per heavy atom. The van der Waals surface area contributed by atoms with Crippen molar-refractivity contribution in [1.82, 2.24) is 20.4 Å². The third kappa shape index (κ3) is 3.45. The van der Waals surface area contributed by atoms with Crippen molar-refractivity contribution in [3.05, 3.63) is 58.8 Å². The summed E-state index contributed by atoms with van der Waals surface area (Å²) >= 11 is 5.64. The monoisotopic (exact) mass is 361 g/mol. The van der Waals surface area contributed by atoms with Crippen molar-refractivity contribution in [1.29, 1.82) is 0 Å². The van der Waals surface area contributed by atoms with Gasteiger partial charge < -0.3 is 10.4 Å². The molecular formula is C15H9ClFN5O3. The minimum atomic E-state index is -1.41. The zero-order valence-corrected chi connectivity index (χ0v) is 13.1. The highest BCUT2D eigenvalue weighted by Gasteiger charge is 2.18. The summed E-state index contributed by atoms with van der Waals surface area (Å²) in [5, 5.41) is 25.2. The second kappa shape index (κ2) is 6.65. The fourth-order valence-corrected chi connectivity index (χ4v) is 2.18. The number of nitrogens with zero attached hydrogens (tertiary/aromatic N) is 3. The fraction of sp³-hybridized carbons (Fsp3) is 0. The van der Waals surface area contributed by atoms with Gasteiger partial charge in [0, 0.05) is 11.8 Å². The van der Waals surface area contributed by atoms with Crippen molar-refractivity contribution >= 4 is 29.2 Å².